The van der Waals surface area contributed by atoms with Crippen LogP contribution in [0.3, 0.4) is 0 Å². The number of hydrogen-bond donors (Lipinski definition) is 1. The third-order valence-corrected chi connectivity index (χ3v) is 6.21. The Morgan fingerprint density at radius 2 is 1.88 bits per heavy atom. The first-order chi connectivity index (χ1) is 12.4. The molecule has 2 N–H and O–H groups in total. The fraction of sp³-hybridized carbons (Fsp3) is 0.333. The molecule has 1 aromatic heterocycles. The number of hydrogen-bond acceptors (Lipinski definition) is 6. The zero-order valence-corrected chi connectivity index (χ0v) is 15.3. The molecular formula is C18H21N3O4S. The molecule has 1 aliphatic heterocycles. The van der Waals surface area contributed by atoms with Gasteiger partial charge in [0, 0.05) is 25.4 Å². The number of carbonyl (C=O) groups is 1. The molecule has 1 amide bonds. The van der Waals surface area contributed by atoms with E-state index in [1.807, 2.05) is 0 Å². The Balaban J connectivity index is 1.81. The molecule has 0 aliphatic carbocycles. The molecule has 3 rings (SSSR count). The summed E-state index contributed by atoms with van der Waals surface area (Å²) in [5.41, 5.74) is 5.24. The largest absolute Gasteiger partial charge is 0.474 e. The monoisotopic (exact) mass is 375 g/mol. The quantitative estimate of drug-likeness (QED) is 0.849. The molecule has 1 fully saturated rings. The highest BCUT2D eigenvalue weighted by Gasteiger charge is 2.24. The van der Waals surface area contributed by atoms with Crippen LogP contribution in [0, 0.1) is 0 Å². The van der Waals surface area contributed by atoms with E-state index in [0.29, 0.717) is 5.88 Å². The molecular weight excluding hydrogens is 354 g/mol. The van der Waals surface area contributed by atoms with Gasteiger partial charge in [-0.05, 0) is 38.1 Å². The van der Waals surface area contributed by atoms with Crippen molar-refractivity contribution in [2.24, 2.45) is 5.73 Å². The number of benzene rings is 1. The van der Waals surface area contributed by atoms with Crippen molar-refractivity contribution in [3.05, 3.63) is 48.2 Å². The molecule has 1 saturated heterocycles. The fourth-order valence-corrected chi connectivity index (χ4v) is 4.31. The number of nitrogens with zero attached hydrogens (tertiary/aromatic N) is 2. The molecule has 2 aromatic rings. The van der Waals surface area contributed by atoms with E-state index in [1.165, 1.54) is 30.5 Å². The summed E-state index contributed by atoms with van der Waals surface area (Å²) in [4.78, 5) is 17.7. The van der Waals surface area contributed by atoms with Gasteiger partial charge in [-0.25, -0.2) is 13.4 Å². The number of ether oxygens (including phenoxy) is 1. The van der Waals surface area contributed by atoms with Gasteiger partial charge in [-0.3, -0.25) is 4.79 Å². The van der Waals surface area contributed by atoms with Crippen LogP contribution in [-0.4, -0.2) is 50.5 Å². The number of sulfone groups is 1. The molecule has 26 heavy (non-hydrogen) atoms. The van der Waals surface area contributed by atoms with Gasteiger partial charge < -0.3 is 15.4 Å². The summed E-state index contributed by atoms with van der Waals surface area (Å²) in [7, 11) is -1.83. The van der Waals surface area contributed by atoms with Gasteiger partial charge in [0.1, 0.15) is 6.10 Å². The molecule has 0 saturated carbocycles. The van der Waals surface area contributed by atoms with E-state index >= 15 is 0 Å². The highest BCUT2D eigenvalue weighted by atomic mass is 32.2. The van der Waals surface area contributed by atoms with Crippen LogP contribution in [0.1, 0.15) is 23.2 Å². The minimum absolute atomic E-state index is 0.0121. The van der Waals surface area contributed by atoms with Gasteiger partial charge in [-0.1, -0.05) is 12.1 Å². The molecule has 0 atom stereocenters. The predicted molar refractivity (Wildman–Crippen MR) is 95.8 cm³/mol. The third kappa shape index (κ3) is 3.86. The summed E-state index contributed by atoms with van der Waals surface area (Å²) >= 11 is 0. The van der Waals surface area contributed by atoms with Crippen molar-refractivity contribution in [2.45, 2.75) is 28.7 Å². The summed E-state index contributed by atoms with van der Waals surface area (Å²) in [5.74, 6) is -0.402. The molecule has 0 spiro atoms. The standard InChI is InChI=1S/C18H21N3O4S/c1-21-10-8-13(9-11-21)25-17-7-6-14(12-20-17)26(23,24)16-5-3-2-4-15(16)18(19)22/h2-7,12-13H,8-11H2,1H3,(H2,19,22). The van der Waals surface area contributed by atoms with E-state index in [2.05, 4.69) is 16.9 Å². The van der Waals surface area contributed by atoms with Crippen molar-refractivity contribution in [3.8, 4) is 5.88 Å². The van der Waals surface area contributed by atoms with E-state index in [0.717, 1.165) is 25.9 Å². The average molecular weight is 375 g/mol. The second-order valence-electron chi connectivity index (χ2n) is 6.32. The highest BCUT2D eigenvalue weighted by Crippen LogP contribution is 2.25. The van der Waals surface area contributed by atoms with Crippen LogP contribution in [0.25, 0.3) is 0 Å². The van der Waals surface area contributed by atoms with Crippen molar-refractivity contribution >= 4 is 15.7 Å². The zero-order chi connectivity index (χ0) is 18.7. The number of rotatable bonds is 5. The van der Waals surface area contributed by atoms with E-state index < -0.39 is 15.7 Å². The van der Waals surface area contributed by atoms with Gasteiger partial charge in [0.2, 0.25) is 21.6 Å². The maximum atomic E-state index is 12.8. The summed E-state index contributed by atoms with van der Waals surface area (Å²) in [6.07, 6.45) is 3.14. The number of carbonyl (C=O) groups excluding carboxylic acids is 1. The lowest BCUT2D eigenvalue weighted by Gasteiger charge is -2.28. The van der Waals surface area contributed by atoms with Crippen LogP contribution >= 0.6 is 0 Å². The number of primary amides is 1. The smallest absolute Gasteiger partial charge is 0.250 e. The normalized spacial score (nSPS) is 16.3. The number of piperidine rings is 1. The number of aromatic nitrogens is 1. The Morgan fingerprint density at radius 3 is 2.50 bits per heavy atom. The molecule has 0 bridgehead atoms. The maximum absolute atomic E-state index is 12.8. The van der Waals surface area contributed by atoms with Crippen LogP contribution < -0.4 is 10.5 Å². The zero-order valence-electron chi connectivity index (χ0n) is 14.5. The second-order valence-corrected chi connectivity index (χ2v) is 8.23. The van der Waals surface area contributed by atoms with E-state index in [4.69, 9.17) is 10.5 Å². The Morgan fingerprint density at radius 1 is 1.19 bits per heavy atom. The van der Waals surface area contributed by atoms with Crippen LogP contribution in [-0.2, 0) is 9.84 Å². The third-order valence-electron chi connectivity index (χ3n) is 4.41. The molecule has 1 aliphatic rings. The van der Waals surface area contributed by atoms with Crippen molar-refractivity contribution in [3.63, 3.8) is 0 Å². The van der Waals surface area contributed by atoms with Gasteiger partial charge in [-0.2, -0.15) is 0 Å². The SMILES string of the molecule is CN1CCC(Oc2ccc(S(=O)(=O)c3ccccc3C(N)=O)cn2)CC1. The Kier molecular flexibility index (Phi) is 5.24. The number of amides is 1. The Bertz CT molecular complexity index is 889. The number of nitrogens with two attached hydrogens (primary N) is 1. The Labute approximate surface area is 152 Å². The Hall–Kier alpha value is -2.45. The molecule has 7 nitrogen and oxygen atoms in total. The number of pyridine rings is 1. The number of likely N-dealkylation sites (tertiary alicyclic amines) is 1. The molecule has 138 valence electrons. The lowest BCUT2D eigenvalue weighted by Crippen LogP contribution is -2.35. The summed E-state index contributed by atoms with van der Waals surface area (Å²) < 4.78 is 31.4. The van der Waals surface area contributed by atoms with Crippen molar-refractivity contribution < 1.29 is 17.9 Å². The molecule has 8 heteroatoms. The van der Waals surface area contributed by atoms with Crippen molar-refractivity contribution in [2.75, 3.05) is 20.1 Å². The van der Waals surface area contributed by atoms with Gasteiger partial charge >= 0.3 is 0 Å². The van der Waals surface area contributed by atoms with Crippen LogP contribution in [0.4, 0.5) is 0 Å². The van der Waals surface area contributed by atoms with Crippen molar-refractivity contribution in [1.82, 2.24) is 9.88 Å². The molecule has 1 aromatic carbocycles. The lowest BCUT2D eigenvalue weighted by molar-refractivity contribution is 0.0997. The van der Waals surface area contributed by atoms with Crippen LogP contribution in [0.2, 0.25) is 0 Å². The molecule has 2 heterocycles. The fourth-order valence-electron chi connectivity index (χ4n) is 2.90. The first-order valence-corrected chi connectivity index (χ1v) is 9.81. The molecule has 0 unspecified atom stereocenters. The second kappa shape index (κ2) is 7.43. The van der Waals surface area contributed by atoms with E-state index in [9.17, 15) is 13.2 Å². The summed E-state index contributed by atoms with van der Waals surface area (Å²) in [5, 5.41) is 0. The van der Waals surface area contributed by atoms with Gasteiger partial charge in [0.05, 0.1) is 15.4 Å². The lowest BCUT2D eigenvalue weighted by atomic mass is 10.1. The highest BCUT2D eigenvalue weighted by molar-refractivity contribution is 7.91. The average Bonchev–Trinajstić information content (AvgIpc) is 2.64. The first kappa shape index (κ1) is 18.3. The minimum Gasteiger partial charge on any atom is -0.474 e. The maximum Gasteiger partial charge on any atom is 0.250 e. The summed E-state index contributed by atoms with van der Waals surface area (Å²) in [6.45, 7) is 1.92. The van der Waals surface area contributed by atoms with Gasteiger partial charge in [-0.15, -0.1) is 0 Å². The topological polar surface area (TPSA) is 103 Å². The van der Waals surface area contributed by atoms with E-state index in [-0.39, 0.29) is 21.5 Å². The predicted octanol–water partition coefficient (Wildman–Crippen LogP) is 1.49. The van der Waals surface area contributed by atoms with E-state index in [1.54, 1.807) is 12.1 Å². The van der Waals surface area contributed by atoms with Crippen LogP contribution in [0.15, 0.2) is 52.4 Å². The van der Waals surface area contributed by atoms with Gasteiger partial charge in [0.15, 0.2) is 0 Å². The van der Waals surface area contributed by atoms with Crippen LogP contribution in [0.5, 0.6) is 5.88 Å². The first-order valence-electron chi connectivity index (χ1n) is 8.33. The minimum atomic E-state index is -3.90. The van der Waals surface area contributed by atoms with Gasteiger partial charge in [0.25, 0.3) is 0 Å². The summed E-state index contributed by atoms with van der Waals surface area (Å²) in [6, 6.07) is 8.83. The molecule has 0 radical (unpaired) electrons. The van der Waals surface area contributed by atoms with Crippen molar-refractivity contribution in [1.29, 1.82) is 0 Å².